The molecule has 0 spiro atoms. The van der Waals surface area contributed by atoms with Gasteiger partial charge in [-0.3, -0.25) is 9.78 Å². The lowest BCUT2D eigenvalue weighted by Crippen LogP contribution is -2.39. The molecular weight excluding hydrogens is 226 g/mol. The first kappa shape index (κ1) is 12.5. The van der Waals surface area contributed by atoms with E-state index < -0.39 is 6.04 Å². The molecule has 0 bridgehead atoms. The van der Waals surface area contributed by atoms with Gasteiger partial charge in [0, 0.05) is 5.39 Å². The van der Waals surface area contributed by atoms with Gasteiger partial charge < -0.3 is 11.1 Å². The maximum absolute atomic E-state index is 11.8. The molecule has 2 aromatic rings. The predicted octanol–water partition coefficient (Wildman–Crippen LogP) is 2.16. The van der Waals surface area contributed by atoms with Gasteiger partial charge in [-0.2, -0.15) is 0 Å². The van der Waals surface area contributed by atoms with E-state index in [1.54, 1.807) is 6.20 Å². The number of benzene rings is 1. The zero-order chi connectivity index (χ0) is 13.1. The number of fused-ring (bicyclic) bond motifs is 1. The topological polar surface area (TPSA) is 68.0 Å². The van der Waals surface area contributed by atoms with E-state index in [0.717, 1.165) is 10.9 Å². The van der Waals surface area contributed by atoms with Crippen LogP contribution in [0.1, 0.15) is 13.8 Å². The molecule has 1 amide bonds. The lowest BCUT2D eigenvalue weighted by Gasteiger charge is -2.15. The highest BCUT2D eigenvalue weighted by Crippen LogP contribution is 2.16. The van der Waals surface area contributed by atoms with Crippen molar-refractivity contribution in [3.8, 4) is 0 Å². The number of pyridine rings is 1. The Morgan fingerprint density at radius 2 is 2.06 bits per heavy atom. The number of rotatable bonds is 3. The third kappa shape index (κ3) is 2.65. The minimum absolute atomic E-state index is 0.110. The van der Waals surface area contributed by atoms with Gasteiger partial charge in [0.05, 0.1) is 23.4 Å². The number of aromatic nitrogens is 1. The van der Waals surface area contributed by atoms with E-state index in [9.17, 15) is 4.79 Å². The van der Waals surface area contributed by atoms with Crippen molar-refractivity contribution < 1.29 is 4.79 Å². The number of nitrogens with two attached hydrogens (primary N) is 1. The summed E-state index contributed by atoms with van der Waals surface area (Å²) in [5, 5.41) is 3.78. The van der Waals surface area contributed by atoms with Gasteiger partial charge in [0.1, 0.15) is 0 Å². The molecular formula is C14H17N3O. The summed E-state index contributed by atoms with van der Waals surface area (Å²) in [6.07, 6.45) is 1.65. The molecule has 4 nitrogen and oxygen atoms in total. The number of amides is 1. The average molecular weight is 243 g/mol. The van der Waals surface area contributed by atoms with Crippen LogP contribution in [0.2, 0.25) is 0 Å². The van der Waals surface area contributed by atoms with Crippen LogP contribution in [0.4, 0.5) is 5.69 Å². The van der Waals surface area contributed by atoms with Crippen molar-refractivity contribution in [3.05, 3.63) is 36.5 Å². The van der Waals surface area contributed by atoms with Gasteiger partial charge in [-0.05, 0) is 18.1 Å². The highest BCUT2D eigenvalue weighted by atomic mass is 16.2. The van der Waals surface area contributed by atoms with E-state index in [0.29, 0.717) is 5.69 Å². The van der Waals surface area contributed by atoms with E-state index in [-0.39, 0.29) is 11.8 Å². The number of carbonyl (C=O) groups excluding carboxylic acids is 1. The highest BCUT2D eigenvalue weighted by Gasteiger charge is 2.17. The second-order valence-corrected chi connectivity index (χ2v) is 4.68. The third-order valence-corrected chi connectivity index (χ3v) is 2.88. The Kier molecular flexibility index (Phi) is 3.58. The van der Waals surface area contributed by atoms with Crippen molar-refractivity contribution in [2.75, 3.05) is 5.32 Å². The Balaban J connectivity index is 2.19. The average Bonchev–Trinajstić information content (AvgIpc) is 2.37. The summed E-state index contributed by atoms with van der Waals surface area (Å²) in [5.74, 6) is -0.0690. The first-order chi connectivity index (χ1) is 8.58. The molecule has 18 heavy (non-hydrogen) atoms. The number of nitrogens with one attached hydrogen (secondary N) is 1. The highest BCUT2D eigenvalue weighted by molar-refractivity contribution is 5.96. The quantitative estimate of drug-likeness (QED) is 0.868. The van der Waals surface area contributed by atoms with Crippen LogP contribution in [0.25, 0.3) is 10.9 Å². The maximum Gasteiger partial charge on any atom is 0.241 e. The van der Waals surface area contributed by atoms with Crippen molar-refractivity contribution in [1.29, 1.82) is 0 Å². The Bertz CT molecular complexity index is 566. The van der Waals surface area contributed by atoms with Crippen LogP contribution in [0.15, 0.2) is 36.5 Å². The van der Waals surface area contributed by atoms with Crippen LogP contribution >= 0.6 is 0 Å². The van der Waals surface area contributed by atoms with Crippen molar-refractivity contribution >= 4 is 22.5 Å². The minimum atomic E-state index is -0.503. The van der Waals surface area contributed by atoms with Crippen molar-refractivity contribution in [1.82, 2.24) is 4.98 Å². The smallest absolute Gasteiger partial charge is 0.241 e. The van der Waals surface area contributed by atoms with Gasteiger partial charge in [0.15, 0.2) is 0 Å². The maximum atomic E-state index is 11.8. The lowest BCUT2D eigenvalue weighted by atomic mass is 10.0. The van der Waals surface area contributed by atoms with Crippen molar-refractivity contribution in [2.24, 2.45) is 11.7 Å². The number of hydrogen-bond donors (Lipinski definition) is 2. The summed E-state index contributed by atoms with van der Waals surface area (Å²) in [4.78, 5) is 16.1. The largest absolute Gasteiger partial charge is 0.323 e. The second kappa shape index (κ2) is 5.14. The Morgan fingerprint density at radius 3 is 2.78 bits per heavy atom. The first-order valence-corrected chi connectivity index (χ1v) is 5.99. The monoisotopic (exact) mass is 243 g/mol. The fraction of sp³-hybridized carbons (Fsp3) is 0.286. The van der Waals surface area contributed by atoms with Gasteiger partial charge in [0.2, 0.25) is 5.91 Å². The molecule has 1 aromatic heterocycles. The van der Waals surface area contributed by atoms with Crippen LogP contribution < -0.4 is 11.1 Å². The number of nitrogens with zero attached hydrogens (tertiary/aromatic N) is 1. The molecule has 0 aliphatic rings. The molecule has 4 heteroatoms. The number of hydrogen-bond acceptors (Lipinski definition) is 3. The summed E-state index contributed by atoms with van der Waals surface area (Å²) < 4.78 is 0. The Morgan fingerprint density at radius 1 is 1.33 bits per heavy atom. The summed E-state index contributed by atoms with van der Waals surface area (Å²) >= 11 is 0. The Hall–Kier alpha value is -1.94. The minimum Gasteiger partial charge on any atom is -0.323 e. The van der Waals surface area contributed by atoms with E-state index in [1.807, 2.05) is 44.2 Å². The zero-order valence-electron chi connectivity index (χ0n) is 10.6. The molecule has 2 rings (SSSR count). The van der Waals surface area contributed by atoms with Crippen LogP contribution in [-0.4, -0.2) is 16.9 Å². The van der Waals surface area contributed by atoms with Crippen LogP contribution in [0.3, 0.4) is 0 Å². The third-order valence-electron chi connectivity index (χ3n) is 2.88. The summed E-state index contributed by atoms with van der Waals surface area (Å²) in [5.41, 5.74) is 7.37. The first-order valence-electron chi connectivity index (χ1n) is 5.99. The second-order valence-electron chi connectivity index (χ2n) is 4.68. The number of carbonyl (C=O) groups is 1. The van der Waals surface area contributed by atoms with E-state index >= 15 is 0 Å². The number of anilines is 1. The SMILES string of the molecule is CC(C)C(N)C(=O)Nc1cnc2ccccc2c1. The van der Waals surface area contributed by atoms with E-state index in [1.165, 1.54) is 0 Å². The van der Waals surface area contributed by atoms with Crippen molar-refractivity contribution in [2.45, 2.75) is 19.9 Å². The van der Waals surface area contributed by atoms with Crippen LogP contribution in [0.5, 0.6) is 0 Å². The standard InChI is InChI=1S/C14H17N3O/c1-9(2)13(15)14(18)17-11-7-10-5-3-4-6-12(10)16-8-11/h3-9,13H,15H2,1-2H3,(H,17,18). The van der Waals surface area contributed by atoms with Crippen LogP contribution in [0, 0.1) is 5.92 Å². The van der Waals surface area contributed by atoms with Gasteiger partial charge in [-0.15, -0.1) is 0 Å². The molecule has 1 heterocycles. The summed E-state index contributed by atoms with van der Waals surface area (Å²) in [6, 6.07) is 9.16. The molecule has 1 unspecified atom stereocenters. The zero-order valence-corrected chi connectivity index (χ0v) is 10.6. The van der Waals surface area contributed by atoms with Gasteiger partial charge in [0.25, 0.3) is 0 Å². The molecule has 3 N–H and O–H groups in total. The molecule has 1 atom stereocenters. The molecule has 0 fully saturated rings. The van der Waals surface area contributed by atoms with Gasteiger partial charge in [-0.1, -0.05) is 32.0 Å². The molecule has 94 valence electrons. The lowest BCUT2D eigenvalue weighted by molar-refractivity contribution is -0.118. The van der Waals surface area contributed by atoms with Crippen molar-refractivity contribution in [3.63, 3.8) is 0 Å². The molecule has 0 aliphatic heterocycles. The summed E-state index contributed by atoms with van der Waals surface area (Å²) in [6.45, 7) is 3.84. The fourth-order valence-corrected chi connectivity index (χ4v) is 1.67. The molecule has 0 aliphatic carbocycles. The van der Waals surface area contributed by atoms with Gasteiger partial charge >= 0.3 is 0 Å². The molecule has 1 aromatic carbocycles. The number of para-hydroxylation sites is 1. The van der Waals surface area contributed by atoms with Gasteiger partial charge in [-0.25, -0.2) is 0 Å². The molecule has 0 radical (unpaired) electrons. The Labute approximate surface area is 106 Å². The van der Waals surface area contributed by atoms with Crippen LogP contribution in [-0.2, 0) is 4.79 Å². The predicted molar refractivity (Wildman–Crippen MR) is 73.2 cm³/mol. The molecule has 0 saturated carbocycles. The van der Waals surface area contributed by atoms with E-state index in [4.69, 9.17) is 5.73 Å². The summed E-state index contributed by atoms with van der Waals surface area (Å²) in [7, 11) is 0. The molecule has 0 saturated heterocycles. The fourth-order valence-electron chi connectivity index (χ4n) is 1.67. The van der Waals surface area contributed by atoms with E-state index in [2.05, 4.69) is 10.3 Å². The normalized spacial score (nSPS) is 12.7.